The molecule has 0 aliphatic rings. The van der Waals surface area contributed by atoms with E-state index in [2.05, 4.69) is 0 Å². The molecule has 0 aliphatic heterocycles. The van der Waals surface area contributed by atoms with E-state index in [-0.39, 0.29) is 124 Å². The van der Waals surface area contributed by atoms with Gasteiger partial charge in [-0.3, -0.25) is 16.8 Å². The summed E-state index contributed by atoms with van der Waals surface area (Å²) in [6.45, 7) is 0. The standard InChI is InChI=1S/Cs.2H2O4S.4H2O.Y/c;2*1-5(2,3)4;;;;;/h;2*(H2,1,2,3,4);4*1H2;/q+1;;;;;;;+3/p-4. The molecule has 0 heterocycles. The fraction of sp³-hybridized carbons (Fsp3) is 0. The van der Waals surface area contributed by atoms with Gasteiger partial charge in [-0.05, 0) is 0 Å². The minimum Gasteiger partial charge on any atom is -0.759 e. The van der Waals surface area contributed by atoms with Gasteiger partial charge in [-0.25, -0.2) is 0 Å². The van der Waals surface area contributed by atoms with Gasteiger partial charge in [-0.15, -0.1) is 0 Å². The van der Waals surface area contributed by atoms with E-state index in [1.807, 2.05) is 0 Å². The Kier molecular flexibility index (Phi) is 73.1. The maximum absolute atomic E-state index is 8.52. The molecule has 0 saturated heterocycles. The Bertz CT molecular complexity index is 215. The Morgan fingerprint density at radius 1 is 0.562 bits per heavy atom. The zero-order chi connectivity index (χ0) is 9.00. The third kappa shape index (κ3) is 554. The maximum Gasteiger partial charge on any atom is 3.00 e. The van der Waals surface area contributed by atoms with Crippen LogP contribution in [-0.4, -0.2) is 57.0 Å². The molecule has 0 amide bonds. The van der Waals surface area contributed by atoms with E-state index < -0.39 is 20.8 Å². The Morgan fingerprint density at radius 2 is 0.562 bits per heavy atom. The van der Waals surface area contributed by atoms with E-state index in [0.717, 1.165) is 0 Å². The van der Waals surface area contributed by atoms with E-state index in [4.69, 9.17) is 35.0 Å². The van der Waals surface area contributed by atoms with Crippen LogP contribution >= 0.6 is 0 Å². The first-order chi connectivity index (χ1) is 4.00. The van der Waals surface area contributed by atoms with Crippen LogP contribution in [0.1, 0.15) is 0 Å². The maximum atomic E-state index is 8.52. The van der Waals surface area contributed by atoms with Gasteiger partial charge in [-0.2, -0.15) is 0 Å². The van der Waals surface area contributed by atoms with Crippen LogP contribution in [0.4, 0.5) is 0 Å². The molecule has 12 nitrogen and oxygen atoms in total. The Balaban J connectivity index is -0.00000000970. The Hall–Kier alpha value is 2.74. The predicted molar refractivity (Wildman–Crippen MR) is 35.4 cm³/mol. The van der Waals surface area contributed by atoms with Crippen molar-refractivity contribution >= 4 is 20.8 Å². The molecule has 16 heavy (non-hydrogen) atoms. The molecule has 0 unspecified atom stereocenters. The van der Waals surface area contributed by atoms with Crippen LogP contribution in [0.25, 0.3) is 0 Å². The molecule has 0 rings (SSSR count). The van der Waals surface area contributed by atoms with Crippen molar-refractivity contribution < 1.29 is 159 Å². The van der Waals surface area contributed by atoms with Crippen LogP contribution in [0.2, 0.25) is 0 Å². The molecule has 0 aromatic carbocycles. The number of rotatable bonds is 0. The molecular formula is H8CsO12S2Y. The van der Waals surface area contributed by atoms with E-state index in [9.17, 15) is 0 Å². The van der Waals surface area contributed by atoms with Crippen molar-refractivity contribution in [2.24, 2.45) is 0 Å². The molecule has 16 heteroatoms. The van der Waals surface area contributed by atoms with Crippen molar-refractivity contribution in [1.82, 2.24) is 0 Å². The van der Waals surface area contributed by atoms with Crippen molar-refractivity contribution in [2.75, 3.05) is 0 Å². The number of hydrogen-bond donors (Lipinski definition) is 0. The monoisotopic (exact) mass is 486 g/mol. The molecule has 0 aliphatic carbocycles. The predicted octanol–water partition coefficient (Wildman–Crippen LogP) is -8.97. The van der Waals surface area contributed by atoms with Crippen LogP contribution < -0.4 is 68.9 Å². The zero-order valence-electron chi connectivity index (χ0n) is 7.66. The second-order valence-electron chi connectivity index (χ2n) is 0.816. The fourth-order valence-corrected chi connectivity index (χ4v) is 0. The third-order valence-electron chi connectivity index (χ3n) is 0. The summed E-state index contributed by atoms with van der Waals surface area (Å²) < 4.78 is 68.2. The van der Waals surface area contributed by atoms with Gasteiger partial charge in [0, 0.05) is 20.8 Å². The molecule has 8 N–H and O–H groups in total. The van der Waals surface area contributed by atoms with Gasteiger partial charge in [0.15, 0.2) is 0 Å². The van der Waals surface area contributed by atoms with Crippen LogP contribution in [0.15, 0.2) is 0 Å². The van der Waals surface area contributed by atoms with Crippen LogP contribution in [-0.2, 0) is 53.5 Å². The van der Waals surface area contributed by atoms with E-state index >= 15 is 0 Å². The van der Waals surface area contributed by atoms with Gasteiger partial charge < -0.3 is 40.1 Å². The van der Waals surface area contributed by atoms with Gasteiger partial charge >= 0.3 is 102 Å². The second kappa shape index (κ2) is 22.9. The first kappa shape index (κ1) is 51.1. The number of hydrogen-bond acceptors (Lipinski definition) is 8. The third-order valence-corrected chi connectivity index (χ3v) is 0. The molecular weight excluding hydrogens is 478 g/mol. The molecule has 0 bridgehead atoms. The van der Waals surface area contributed by atoms with Crippen molar-refractivity contribution in [2.45, 2.75) is 0 Å². The molecule has 0 fully saturated rings. The van der Waals surface area contributed by atoms with E-state index in [0.29, 0.717) is 0 Å². The van der Waals surface area contributed by atoms with Crippen molar-refractivity contribution in [3.05, 3.63) is 0 Å². The minimum absolute atomic E-state index is 0. The van der Waals surface area contributed by atoms with Gasteiger partial charge in [0.25, 0.3) is 0 Å². The summed E-state index contributed by atoms with van der Waals surface area (Å²) in [6, 6.07) is 0. The van der Waals surface area contributed by atoms with Gasteiger partial charge in [-0.1, -0.05) is 0 Å². The van der Waals surface area contributed by atoms with Crippen LogP contribution in [0.3, 0.4) is 0 Å². The zero-order valence-corrected chi connectivity index (χ0v) is 18.4. The molecule has 0 atom stereocenters. The van der Waals surface area contributed by atoms with E-state index in [1.54, 1.807) is 0 Å². The smallest absolute Gasteiger partial charge is 0.759 e. The fourth-order valence-electron chi connectivity index (χ4n) is 0. The average molecular weight is 486 g/mol. The summed E-state index contributed by atoms with van der Waals surface area (Å²) in [5.41, 5.74) is 0. The second-order valence-corrected chi connectivity index (χ2v) is 2.45. The first-order valence-corrected chi connectivity index (χ1v) is 4.00. The Labute approximate surface area is 175 Å². The Morgan fingerprint density at radius 3 is 0.562 bits per heavy atom. The molecule has 0 saturated carbocycles. The first-order valence-electron chi connectivity index (χ1n) is 1.33. The van der Waals surface area contributed by atoms with Gasteiger partial charge in [0.1, 0.15) is 0 Å². The summed E-state index contributed by atoms with van der Waals surface area (Å²) in [7, 11) is -10.3. The van der Waals surface area contributed by atoms with Crippen LogP contribution in [0, 0.1) is 0 Å². The van der Waals surface area contributed by atoms with Gasteiger partial charge in [0.2, 0.25) is 0 Å². The van der Waals surface area contributed by atoms with Crippen molar-refractivity contribution in [1.29, 1.82) is 0 Å². The summed E-state index contributed by atoms with van der Waals surface area (Å²) in [5, 5.41) is 0. The summed E-state index contributed by atoms with van der Waals surface area (Å²) in [6.07, 6.45) is 0. The van der Waals surface area contributed by atoms with E-state index in [1.165, 1.54) is 0 Å². The molecule has 0 aromatic heterocycles. The summed E-state index contributed by atoms with van der Waals surface area (Å²) >= 11 is 0. The summed E-state index contributed by atoms with van der Waals surface area (Å²) in [5.74, 6) is 0. The SMILES string of the molecule is O.O.O.O.O=S(=O)([O-])[O-].O=S(=O)([O-])[O-].[Cs+].[Y+3]. The molecule has 96 valence electrons. The summed E-state index contributed by atoms with van der Waals surface area (Å²) in [4.78, 5) is 0. The normalized spacial score (nSPS) is 7.25. The average Bonchev–Trinajstić information content (AvgIpc) is 1.12. The quantitative estimate of drug-likeness (QED) is 0.233. The van der Waals surface area contributed by atoms with Crippen LogP contribution in [0.5, 0.6) is 0 Å². The van der Waals surface area contributed by atoms with Crippen molar-refractivity contribution in [3.8, 4) is 0 Å². The molecule has 0 spiro atoms. The van der Waals surface area contributed by atoms with Gasteiger partial charge in [0.05, 0.1) is 0 Å². The minimum atomic E-state index is -5.17. The largest absolute Gasteiger partial charge is 3.00 e. The molecule has 0 radical (unpaired) electrons. The van der Waals surface area contributed by atoms with Crippen molar-refractivity contribution in [3.63, 3.8) is 0 Å². The molecule has 0 aromatic rings. The topological polar surface area (TPSA) is 287 Å².